The summed E-state index contributed by atoms with van der Waals surface area (Å²) in [7, 11) is 0. The molecule has 5 rings (SSSR count). The van der Waals surface area contributed by atoms with Gasteiger partial charge in [0, 0.05) is 35.5 Å². The molecule has 0 amide bonds. The lowest BCUT2D eigenvalue weighted by Crippen LogP contribution is -2.27. The van der Waals surface area contributed by atoms with Gasteiger partial charge in [-0.25, -0.2) is 29.1 Å². The van der Waals surface area contributed by atoms with Crippen molar-refractivity contribution in [3.8, 4) is 23.4 Å². The van der Waals surface area contributed by atoms with E-state index >= 15 is 0 Å². The van der Waals surface area contributed by atoms with E-state index in [1.165, 1.54) is 10.7 Å². The number of anilines is 1. The molecule has 0 saturated carbocycles. The second-order valence-electron chi connectivity index (χ2n) is 9.54. The molecule has 0 aliphatic rings. The number of hydrogen-bond donors (Lipinski definition) is 1. The van der Waals surface area contributed by atoms with Gasteiger partial charge in [-0.3, -0.25) is 0 Å². The first kappa shape index (κ1) is 25.5. The number of fused-ring (bicyclic) bond motifs is 1. The number of ether oxygens (including phenoxy) is 1. The molecule has 0 saturated heterocycles. The van der Waals surface area contributed by atoms with Crippen LogP contribution in [0.1, 0.15) is 37.6 Å². The fourth-order valence-corrected chi connectivity index (χ4v) is 3.63. The van der Waals surface area contributed by atoms with E-state index in [4.69, 9.17) is 4.74 Å². The third-order valence-corrected chi connectivity index (χ3v) is 5.40. The number of aromatic nitrogens is 6. The van der Waals surface area contributed by atoms with Crippen molar-refractivity contribution in [2.75, 3.05) is 5.32 Å². The molecule has 2 aromatic carbocycles. The SMILES string of the molecule is CC(C)(C)OC(=O)n1ncc2cc(C#Cc3ccnc(-c4ccnc(NCc5ccccc5F)n4)n3)ccc21. The summed E-state index contributed by atoms with van der Waals surface area (Å²) in [6.07, 6.45) is 4.25. The third kappa shape index (κ3) is 6.22. The molecule has 3 heterocycles. The second kappa shape index (κ2) is 10.7. The van der Waals surface area contributed by atoms with Gasteiger partial charge in [0.2, 0.25) is 5.95 Å². The summed E-state index contributed by atoms with van der Waals surface area (Å²) in [4.78, 5) is 29.9. The summed E-state index contributed by atoms with van der Waals surface area (Å²) >= 11 is 0. The van der Waals surface area contributed by atoms with Gasteiger partial charge in [-0.05, 0) is 63.1 Å². The molecule has 0 aliphatic heterocycles. The van der Waals surface area contributed by atoms with Crippen molar-refractivity contribution in [1.29, 1.82) is 0 Å². The second-order valence-corrected chi connectivity index (χ2v) is 9.54. The quantitative estimate of drug-likeness (QED) is 0.321. The first-order valence-electron chi connectivity index (χ1n) is 12.1. The number of carbonyl (C=O) groups is 1. The van der Waals surface area contributed by atoms with Gasteiger partial charge in [-0.15, -0.1) is 0 Å². The number of nitrogens with zero attached hydrogens (tertiary/aromatic N) is 6. The molecule has 10 heteroatoms. The molecule has 0 bridgehead atoms. The van der Waals surface area contributed by atoms with Crippen LogP contribution in [-0.2, 0) is 11.3 Å². The van der Waals surface area contributed by atoms with Gasteiger partial charge in [-0.2, -0.15) is 9.78 Å². The zero-order chi connectivity index (χ0) is 27.4. The molecule has 3 aromatic heterocycles. The van der Waals surface area contributed by atoms with E-state index < -0.39 is 11.7 Å². The van der Waals surface area contributed by atoms with E-state index in [2.05, 4.69) is 42.2 Å². The molecule has 0 radical (unpaired) electrons. The minimum atomic E-state index is -0.622. The Morgan fingerprint density at radius 3 is 2.67 bits per heavy atom. The lowest BCUT2D eigenvalue weighted by Gasteiger charge is -2.19. The van der Waals surface area contributed by atoms with Crippen LogP contribution in [0.5, 0.6) is 0 Å². The van der Waals surface area contributed by atoms with Crippen LogP contribution in [0.4, 0.5) is 15.1 Å². The third-order valence-electron chi connectivity index (χ3n) is 5.40. The van der Waals surface area contributed by atoms with Crippen molar-refractivity contribution in [1.82, 2.24) is 29.7 Å². The normalized spacial score (nSPS) is 11.1. The number of carbonyl (C=O) groups excluding carboxylic acids is 1. The summed E-state index contributed by atoms with van der Waals surface area (Å²) in [6.45, 7) is 5.65. The highest BCUT2D eigenvalue weighted by Crippen LogP contribution is 2.18. The first-order valence-corrected chi connectivity index (χ1v) is 12.1. The van der Waals surface area contributed by atoms with Gasteiger partial charge in [-0.1, -0.05) is 24.1 Å². The summed E-state index contributed by atoms with van der Waals surface area (Å²) < 4.78 is 20.5. The molecule has 39 heavy (non-hydrogen) atoms. The number of nitrogens with one attached hydrogen (secondary N) is 1. The Morgan fingerprint density at radius 2 is 1.85 bits per heavy atom. The van der Waals surface area contributed by atoms with Crippen molar-refractivity contribution in [3.63, 3.8) is 0 Å². The maximum Gasteiger partial charge on any atom is 0.435 e. The maximum atomic E-state index is 13.9. The van der Waals surface area contributed by atoms with E-state index in [-0.39, 0.29) is 12.4 Å². The number of rotatable bonds is 4. The van der Waals surface area contributed by atoms with Crippen LogP contribution in [0.15, 0.2) is 73.2 Å². The van der Waals surface area contributed by atoms with Crippen molar-refractivity contribution in [2.24, 2.45) is 0 Å². The molecule has 9 nitrogen and oxygen atoms in total. The standard InChI is InChI=1S/C29H24FN7O2/c1-29(2,3)39-28(38)37-25-11-9-19(16-21(25)18-34-37)8-10-22-12-14-31-26(35-22)24-13-15-32-27(36-24)33-17-20-6-4-5-7-23(20)30/h4-7,9,11-16,18H,17H2,1-3H3,(H,32,33,36). The molecule has 0 spiro atoms. The Labute approximate surface area is 224 Å². The van der Waals surface area contributed by atoms with Gasteiger partial charge in [0.15, 0.2) is 5.82 Å². The van der Waals surface area contributed by atoms with Gasteiger partial charge in [0.25, 0.3) is 0 Å². The Hall–Kier alpha value is -5.17. The number of benzene rings is 2. The monoisotopic (exact) mass is 521 g/mol. The van der Waals surface area contributed by atoms with Crippen LogP contribution in [0.3, 0.4) is 0 Å². The molecule has 0 unspecified atom stereocenters. The van der Waals surface area contributed by atoms with E-state index in [9.17, 15) is 9.18 Å². The Morgan fingerprint density at radius 1 is 1.03 bits per heavy atom. The molecule has 194 valence electrons. The first-order chi connectivity index (χ1) is 18.7. The molecular formula is C29H24FN7O2. The predicted molar refractivity (Wildman–Crippen MR) is 144 cm³/mol. The van der Waals surface area contributed by atoms with E-state index in [1.54, 1.807) is 81.8 Å². The average Bonchev–Trinajstić information content (AvgIpc) is 3.34. The fourth-order valence-electron chi connectivity index (χ4n) is 3.63. The number of hydrogen-bond acceptors (Lipinski definition) is 8. The summed E-state index contributed by atoms with van der Waals surface area (Å²) in [5.74, 6) is 6.54. The van der Waals surface area contributed by atoms with Crippen molar-refractivity contribution < 1.29 is 13.9 Å². The molecule has 0 atom stereocenters. The van der Waals surface area contributed by atoms with Crippen LogP contribution >= 0.6 is 0 Å². The van der Waals surface area contributed by atoms with Crippen molar-refractivity contribution in [2.45, 2.75) is 32.9 Å². The van der Waals surface area contributed by atoms with Gasteiger partial charge < -0.3 is 10.1 Å². The minimum Gasteiger partial charge on any atom is -0.442 e. The van der Waals surface area contributed by atoms with Crippen LogP contribution in [-0.4, -0.2) is 41.4 Å². The van der Waals surface area contributed by atoms with Crippen molar-refractivity contribution in [3.05, 3.63) is 95.8 Å². The van der Waals surface area contributed by atoms with E-state index in [1.807, 2.05) is 6.07 Å². The lowest BCUT2D eigenvalue weighted by atomic mass is 10.1. The molecule has 1 N–H and O–H groups in total. The summed E-state index contributed by atoms with van der Waals surface area (Å²) in [6, 6.07) is 15.3. The molecule has 0 aliphatic carbocycles. The van der Waals surface area contributed by atoms with Crippen LogP contribution in [0.25, 0.3) is 22.4 Å². The highest BCUT2D eigenvalue weighted by molar-refractivity contribution is 5.88. The molecule has 5 aromatic rings. The highest BCUT2D eigenvalue weighted by atomic mass is 19.1. The molecular weight excluding hydrogens is 497 g/mol. The maximum absolute atomic E-state index is 13.9. The van der Waals surface area contributed by atoms with Gasteiger partial charge >= 0.3 is 6.09 Å². The summed E-state index contributed by atoms with van der Waals surface area (Å²) in [5, 5.41) is 7.95. The smallest absolute Gasteiger partial charge is 0.435 e. The van der Waals surface area contributed by atoms with Crippen LogP contribution in [0, 0.1) is 17.7 Å². The average molecular weight is 522 g/mol. The highest BCUT2D eigenvalue weighted by Gasteiger charge is 2.20. The predicted octanol–water partition coefficient (Wildman–Crippen LogP) is 5.22. The topological polar surface area (TPSA) is 108 Å². The van der Waals surface area contributed by atoms with Gasteiger partial charge in [0.1, 0.15) is 22.8 Å². The van der Waals surface area contributed by atoms with Crippen LogP contribution in [0.2, 0.25) is 0 Å². The van der Waals surface area contributed by atoms with E-state index in [0.717, 1.165) is 10.9 Å². The Kier molecular flexibility index (Phi) is 6.97. The minimum absolute atomic E-state index is 0.240. The summed E-state index contributed by atoms with van der Waals surface area (Å²) in [5.41, 5.74) is 2.25. The Bertz CT molecular complexity index is 1730. The molecule has 0 fully saturated rings. The lowest BCUT2D eigenvalue weighted by molar-refractivity contribution is 0.0522. The number of halogens is 1. The largest absolute Gasteiger partial charge is 0.442 e. The Balaban J connectivity index is 1.32. The van der Waals surface area contributed by atoms with Crippen LogP contribution < -0.4 is 5.32 Å². The van der Waals surface area contributed by atoms with Crippen molar-refractivity contribution >= 4 is 22.9 Å². The van der Waals surface area contributed by atoms with E-state index in [0.29, 0.717) is 34.2 Å². The fraction of sp³-hybridized carbons (Fsp3) is 0.172. The zero-order valence-corrected chi connectivity index (χ0v) is 21.5. The van der Waals surface area contributed by atoms with Gasteiger partial charge in [0.05, 0.1) is 11.7 Å². The zero-order valence-electron chi connectivity index (χ0n) is 21.5.